The van der Waals surface area contributed by atoms with Gasteiger partial charge in [0.15, 0.2) is 0 Å². The van der Waals surface area contributed by atoms with Crippen molar-refractivity contribution in [3.8, 4) is 5.69 Å². The SMILES string of the molecule is FC(F)(F)c1ccccc1Cl.O=CN1CCc2c(ncn2-c2cc(F)cc(F)c2)C1. The van der Waals surface area contributed by atoms with Crippen molar-refractivity contribution in [3.63, 3.8) is 0 Å². The molecule has 3 aromatic rings. The molecular weight excluding hydrogens is 429 g/mol. The first kappa shape index (κ1) is 21.8. The minimum absolute atomic E-state index is 0.264. The van der Waals surface area contributed by atoms with Gasteiger partial charge in [0.25, 0.3) is 0 Å². The van der Waals surface area contributed by atoms with Gasteiger partial charge in [0, 0.05) is 24.7 Å². The molecule has 4 rings (SSSR count). The summed E-state index contributed by atoms with van der Waals surface area (Å²) < 4.78 is 64.0. The maximum Gasteiger partial charge on any atom is 0.417 e. The van der Waals surface area contributed by atoms with Crippen LogP contribution >= 0.6 is 11.6 Å². The summed E-state index contributed by atoms with van der Waals surface area (Å²) in [5.41, 5.74) is 1.28. The quantitative estimate of drug-likeness (QED) is 0.412. The monoisotopic (exact) mass is 443 g/mol. The molecule has 0 aliphatic carbocycles. The lowest BCUT2D eigenvalue weighted by Gasteiger charge is -2.23. The Morgan fingerprint density at radius 2 is 1.73 bits per heavy atom. The molecule has 2 heterocycles. The zero-order chi connectivity index (χ0) is 21.9. The van der Waals surface area contributed by atoms with E-state index in [9.17, 15) is 26.7 Å². The minimum atomic E-state index is -4.35. The number of carbonyl (C=O) groups is 1. The van der Waals surface area contributed by atoms with Crippen molar-refractivity contribution in [2.75, 3.05) is 6.54 Å². The molecule has 0 unspecified atom stereocenters. The highest BCUT2D eigenvalue weighted by Gasteiger charge is 2.32. The number of rotatable bonds is 2. The number of hydrogen-bond donors (Lipinski definition) is 0. The second-order valence-electron chi connectivity index (χ2n) is 6.44. The van der Waals surface area contributed by atoms with E-state index in [2.05, 4.69) is 4.98 Å². The van der Waals surface area contributed by atoms with Crippen LogP contribution in [0.3, 0.4) is 0 Å². The van der Waals surface area contributed by atoms with E-state index in [-0.39, 0.29) is 5.02 Å². The number of hydrogen-bond acceptors (Lipinski definition) is 2. The molecule has 0 saturated carbocycles. The Hall–Kier alpha value is -2.94. The topological polar surface area (TPSA) is 38.1 Å². The van der Waals surface area contributed by atoms with E-state index in [0.717, 1.165) is 29.9 Å². The fourth-order valence-corrected chi connectivity index (χ4v) is 3.25. The van der Waals surface area contributed by atoms with E-state index >= 15 is 0 Å². The zero-order valence-electron chi connectivity index (χ0n) is 15.3. The first-order valence-electron chi connectivity index (χ1n) is 8.71. The molecular formula is C20H15ClF5N3O. The van der Waals surface area contributed by atoms with Gasteiger partial charge in [0.2, 0.25) is 6.41 Å². The fraction of sp³-hybridized carbons (Fsp3) is 0.200. The highest BCUT2D eigenvalue weighted by atomic mass is 35.5. The van der Waals surface area contributed by atoms with E-state index in [0.29, 0.717) is 25.2 Å². The van der Waals surface area contributed by atoms with Crippen LogP contribution < -0.4 is 0 Å². The molecule has 1 amide bonds. The summed E-state index contributed by atoms with van der Waals surface area (Å²) in [4.78, 5) is 16.6. The number of halogens is 6. The third kappa shape index (κ3) is 4.96. The Morgan fingerprint density at radius 1 is 1.07 bits per heavy atom. The zero-order valence-corrected chi connectivity index (χ0v) is 16.1. The summed E-state index contributed by atoms with van der Waals surface area (Å²) in [7, 11) is 0. The molecule has 1 aliphatic heterocycles. The van der Waals surface area contributed by atoms with Gasteiger partial charge in [-0.3, -0.25) is 4.79 Å². The van der Waals surface area contributed by atoms with Crippen molar-refractivity contribution in [2.24, 2.45) is 0 Å². The first-order valence-corrected chi connectivity index (χ1v) is 9.09. The Morgan fingerprint density at radius 3 is 2.30 bits per heavy atom. The normalized spacial score (nSPS) is 13.3. The van der Waals surface area contributed by atoms with Gasteiger partial charge in [0.1, 0.15) is 11.6 Å². The summed E-state index contributed by atoms with van der Waals surface area (Å²) in [6.07, 6.45) is -1.42. The third-order valence-electron chi connectivity index (χ3n) is 4.40. The molecule has 158 valence electrons. The van der Waals surface area contributed by atoms with Crippen LogP contribution in [-0.2, 0) is 23.9 Å². The molecule has 0 saturated heterocycles. The number of aromatic nitrogens is 2. The average molecular weight is 444 g/mol. The minimum Gasteiger partial charge on any atom is -0.339 e. The van der Waals surface area contributed by atoms with E-state index in [1.165, 1.54) is 36.7 Å². The highest BCUT2D eigenvalue weighted by Crippen LogP contribution is 2.33. The fourth-order valence-electron chi connectivity index (χ4n) is 3.01. The van der Waals surface area contributed by atoms with Crippen molar-refractivity contribution >= 4 is 18.0 Å². The van der Waals surface area contributed by atoms with Crippen LogP contribution in [0.2, 0.25) is 5.02 Å². The van der Waals surface area contributed by atoms with Crippen molar-refractivity contribution in [2.45, 2.75) is 19.1 Å². The molecule has 0 spiro atoms. The van der Waals surface area contributed by atoms with Gasteiger partial charge in [-0.15, -0.1) is 0 Å². The van der Waals surface area contributed by atoms with Crippen molar-refractivity contribution in [1.29, 1.82) is 0 Å². The molecule has 10 heteroatoms. The van der Waals surface area contributed by atoms with Crippen molar-refractivity contribution in [3.05, 3.63) is 82.4 Å². The second kappa shape index (κ2) is 8.83. The lowest BCUT2D eigenvalue weighted by Crippen LogP contribution is -2.29. The largest absolute Gasteiger partial charge is 0.417 e. The number of imidazole rings is 1. The van der Waals surface area contributed by atoms with E-state index in [1.807, 2.05) is 0 Å². The predicted molar refractivity (Wildman–Crippen MR) is 100 cm³/mol. The van der Waals surface area contributed by atoms with Gasteiger partial charge in [0.05, 0.1) is 34.8 Å². The third-order valence-corrected chi connectivity index (χ3v) is 4.73. The molecule has 0 atom stereocenters. The number of amides is 1. The standard InChI is InChI=1S/C13H11F2N3O.C7H4ClF3/c14-9-3-10(15)5-11(4-9)18-7-16-12-6-17(8-19)2-1-13(12)18;8-6-4-2-1-3-5(6)7(9,10)11/h3-5,7-8H,1-2,6H2;1-4H. The van der Waals surface area contributed by atoms with Gasteiger partial charge < -0.3 is 9.47 Å². The molecule has 0 bridgehead atoms. The van der Waals surface area contributed by atoms with Crippen LogP contribution in [0.4, 0.5) is 22.0 Å². The van der Waals surface area contributed by atoms with Gasteiger partial charge in [-0.25, -0.2) is 13.8 Å². The Kier molecular flexibility index (Phi) is 6.40. The second-order valence-corrected chi connectivity index (χ2v) is 6.85. The molecule has 1 aromatic heterocycles. The molecule has 0 fully saturated rings. The number of fused-ring (bicyclic) bond motifs is 1. The number of alkyl halides is 3. The Bertz CT molecular complexity index is 1030. The Labute approximate surface area is 173 Å². The van der Waals surface area contributed by atoms with E-state index in [4.69, 9.17) is 11.6 Å². The summed E-state index contributed by atoms with van der Waals surface area (Å²) in [5.74, 6) is -1.24. The van der Waals surface area contributed by atoms with E-state index in [1.54, 1.807) is 9.47 Å². The number of carbonyl (C=O) groups excluding carboxylic acids is 1. The molecule has 0 N–H and O–H groups in total. The van der Waals surface area contributed by atoms with Crippen LogP contribution in [0, 0.1) is 11.6 Å². The van der Waals surface area contributed by atoms with Crippen LogP contribution in [-0.4, -0.2) is 27.4 Å². The summed E-state index contributed by atoms with van der Waals surface area (Å²) in [6, 6.07) is 8.27. The number of nitrogens with zero attached hydrogens (tertiary/aromatic N) is 3. The van der Waals surface area contributed by atoms with Crippen LogP contribution in [0.1, 0.15) is 17.0 Å². The summed E-state index contributed by atoms with van der Waals surface area (Å²) >= 11 is 5.29. The summed E-state index contributed by atoms with van der Waals surface area (Å²) in [6.45, 7) is 1.02. The molecule has 30 heavy (non-hydrogen) atoms. The maximum absolute atomic E-state index is 13.2. The first-order chi connectivity index (χ1) is 14.2. The molecule has 2 aromatic carbocycles. The molecule has 0 radical (unpaired) electrons. The van der Waals surface area contributed by atoms with E-state index < -0.39 is 23.4 Å². The number of benzene rings is 2. The van der Waals surface area contributed by atoms with Gasteiger partial charge >= 0.3 is 6.18 Å². The smallest absolute Gasteiger partial charge is 0.339 e. The highest BCUT2D eigenvalue weighted by molar-refractivity contribution is 6.31. The van der Waals surface area contributed by atoms with Gasteiger partial charge in [-0.1, -0.05) is 23.7 Å². The maximum atomic E-state index is 13.2. The Balaban J connectivity index is 0.000000199. The van der Waals surface area contributed by atoms with Gasteiger partial charge in [-0.05, 0) is 24.3 Å². The molecule has 4 nitrogen and oxygen atoms in total. The van der Waals surface area contributed by atoms with Crippen molar-refractivity contribution in [1.82, 2.24) is 14.5 Å². The lowest BCUT2D eigenvalue weighted by atomic mass is 10.1. The average Bonchev–Trinajstić information content (AvgIpc) is 3.10. The van der Waals surface area contributed by atoms with Gasteiger partial charge in [-0.2, -0.15) is 13.2 Å². The van der Waals surface area contributed by atoms with Crippen LogP contribution in [0.5, 0.6) is 0 Å². The predicted octanol–water partition coefficient (Wildman–Crippen LogP) is 5.02. The van der Waals surface area contributed by atoms with Crippen molar-refractivity contribution < 1.29 is 26.7 Å². The van der Waals surface area contributed by atoms with Crippen LogP contribution in [0.15, 0.2) is 48.8 Å². The molecule has 1 aliphatic rings. The lowest BCUT2D eigenvalue weighted by molar-refractivity contribution is -0.137. The van der Waals surface area contributed by atoms with Crippen LogP contribution in [0.25, 0.3) is 5.69 Å². The summed E-state index contributed by atoms with van der Waals surface area (Å²) in [5, 5.41) is -0.264.